The van der Waals surface area contributed by atoms with Gasteiger partial charge in [0, 0.05) is 10.6 Å². The molecule has 10 heteroatoms. The lowest BCUT2D eigenvalue weighted by Gasteiger charge is -2.15. The highest BCUT2D eigenvalue weighted by Gasteiger charge is 2.23. The number of hydrogen-bond donors (Lipinski definition) is 0. The van der Waals surface area contributed by atoms with Gasteiger partial charge in [-0.15, -0.1) is 10.2 Å². The molecule has 0 aliphatic carbocycles. The van der Waals surface area contributed by atoms with Crippen molar-refractivity contribution >= 4 is 45.8 Å². The van der Waals surface area contributed by atoms with Gasteiger partial charge in [-0.05, 0) is 25.1 Å². The van der Waals surface area contributed by atoms with E-state index < -0.39 is 0 Å². The molecule has 0 bridgehead atoms. The van der Waals surface area contributed by atoms with Gasteiger partial charge in [0.1, 0.15) is 11.3 Å². The molecule has 0 aliphatic rings. The smallest absolute Gasteiger partial charge is 0.278 e. The van der Waals surface area contributed by atoms with Gasteiger partial charge >= 0.3 is 0 Å². The summed E-state index contributed by atoms with van der Waals surface area (Å²) in [5, 5.41) is 9.69. The van der Waals surface area contributed by atoms with Gasteiger partial charge in [0.25, 0.3) is 11.8 Å². The zero-order chi connectivity index (χ0) is 20.7. The predicted molar refractivity (Wildman–Crippen MR) is 113 cm³/mol. The van der Waals surface area contributed by atoms with E-state index in [2.05, 4.69) is 20.2 Å². The highest BCUT2D eigenvalue weighted by Crippen LogP contribution is 2.39. The van der Waals surface area contributed by atoms with Gasteiger partial charge in [0.2, 0.25) is 0 Å². The Hall–Kier alpha value is -2.61. The molecular weight excluding hydrogens is 437 g/mol. The number of benzene rings is 2. The zero-order valence-electron chi connectivity index (χ0n) is 15.6. The summed E-state index contributed by atoms with van der Waals surface area (Å²) < 4.78 is 12.3. The molecule has 2 aromatic heterocycles. The van der Waals surface area contributed by atoms with Crippen molar-refractivity contribution in [2.45, 2.75) is 6.92 Å². The molecule has 0 fully saturated rings. The van der Waals surface area contributed by atoms with Crippen molar-refractivity contribution in [1.29, 1.82) is 0 Å². The van der Waals surface area contributed by atoms with Crippen LogP contribution in [-0.4, -0.2) is 39.0 Å². The Kier molecular flexibility index (Phi) is 5.21. The Morgan fingerprint density at radius 2 is 1.66 bits per heavy atom. The minimum Gasteiger partial charge on any atom is -0.477 e. The molecule has 0 saturated heterocycles. The highest BCUT2D eigenvalue weighted by atomic mass is 35.5. The first kappa shape index (κ1) is 19.7. The summed E-state index contributed by atoms with van der Waals surface area (Å²) in [5.74, 6) is 1.57. The molecular formula is C19H14Cl3N5O2. The maximum absolute atomic E-state index is 6.62. The fourth-order valence-electron chi connectivity index (χ4n) is 3.01. The van der Waals surface area contributed by atoms with E-state index in [1.54, 1.807) is 29.7 Å². The molecule has 2 aromatic carbocycles. The molecule has 29 heavy (non-hydrogen) atoms. The minimum absolute atomic E-state index is 0.217. The van der Waals surface area contributed by atoms with Crippen LogP contribution in [0.3, 0.4) is 0 Å². The number of hydrogen-bond acceptors (Lipinski definition) is 6. The standard InChI is InChI=1S/C19H14Cl3N5O2/c1-9-25-26-17(10-5-4-6-11(20)7-10)27(9)16-14(22)12(21)8-13-15(16)24-19(29-3)18(23-13)28-2/h4-8H,1-3H3. The van der Waals surface area contributed by atoms with Gasteiger partial charge in [0.15, 0.2) is 5.82 Å². The van der Waals surface area contributed by atoms with Crippen molar-refractivity contribution in [3.05, 3.63) is 51.2 Å². The molecule has 4 rings (SSSR count). The van der Waals surface area contributed by atoms with Crippen LogP contribution in [0.15, 0.2) is 30.3 Å². The van der Waals surface area contributed by atoms with Crippen molar-refractivity contribution < 1.29 is 9.47 Å². The quantitative estimate of drug-likeness (QED) is 0.427. The molecule has 0 aliphatic heterocycles. The van der Waals surface area contributed by atoms with Gasteiger partial charge in [0.05, 0.1) is 35.5 Å². The van der Waals surface area contributed by atoms with Crippen LogP contribution in [-0.2, 0) is 0 Å². The Balaban J connectivity index is 2.10. The third kappa shape index (κ3) is 3.35. The van der Waals surface area contributed by atoms with E-state index in [1.165, 1.54) is 14.2 Å². The van der Waals surface area contributed by atoms with E-state index in [0.29, 0.717) is 38.4 Å². The SMILES string of the molecule is COc1nc2cc(Cl)c(Cl)c(-n3c(C)nnc3-c3cccc(Cl)c3)c2nc1OC. The Bertz CT molecular complexity index is 1240. The third-order valence-electron chi connectivity index (χ3n) is 4.28. The summed E-state index contributed by atoms with van der Waals surface area (Å²) in [6.45, 7) is 1.80. The summed E-state index contributed by atoms with van der Waals surface area (Å²) in [7, 11) is 2.97. The Morgan fingerprint density at radius 3 is 2.34 bits per heavy atom. The van der Waals surface area contributed by atoms with Crippen LogP contribution in [0.2, 0.25) is 15.1 Å². The molecule has 0 atom stereocenters. The third-order valence-corrected chi connectivity index (χ3v) is 5.30. The summed E-state index contributed by atoms with van der Waals surface area (Å²) >= 11 is 19.2. The molecule has 0 radical (unpaired) electrons. The lowest BCUT2D eigenvalue weighted by molar-refractivity contribution is 0.334. The van der Waals surface area contributed by atoms with Crippen molar-refractivity contribution in [3.63, 3.8) is 0 Å². The van der Waals surface area contributed by atoms with Crippen molar-refractivity contribution in [2.75, 3.05) is 14.2 Å². The maximum Gasteiger partial charge on any atom is 0.278 e. The van der Waals surface area contributed by atoms with Crippen LogP contribution in [0.25, 0.3) is 28.1 Å². The topological polar surface area (TPSA) is 75.0 Å². The van der Waals surface area contributed by atoms with Crippen LogP contribution < -0.4 is 9.47 Å². The summed E-state index contributed by atoms with van der Waals surface area (Å²) in [4.78, 5) is 9.02. The van der Waals surface area contributed by atoms with E-state index in [1.807, 2.05) is 12.1 Å². The Labute approximate surface area is 181 Å². The molecule has 0 N–H and O–H groups in total. The number of aryl methyl sites for hydroxylation is 1. The number of methoxy groups -OCH3 is 2. The number of nitrogens with zero attached hydrogens (tertiary/aromatic N) is 5. The van der Waals surface area contributed by atoms with E-state index in [0.717, 1.165) is 5.56 Å². The number of halogens is 3. The van der Waals surface area contributed by atoms with Gasteiger partial charge in [-0.1, -0.05) is 46.9 Å². The number of aromatic nitrogens is 5. The summed E-state index contributed by atoms with van der Waals surface area (Å²) in [6.07, 6.45) is 0. The van der Waals surface area contributed by atoms with Gasteiger partial charge in [-0.25, -0.2) is 9.97 Å². The Morgan fingerprint density at radius 1 is 0.931 bits per heavy atom. The molecule has 0 saturated carbocycles. The van der Waals surface area contributed by atoms with Gasteiger partial charge in [-0.2, -0.15) is 0 Å². The largest absolute Gasteiger partial charge is 0.477 e. The van der Waals surface area contributed by atoms with Gasteiger partial charge < -0.3 is 9.47 Å². The molecule has 0 spiro atoms. The second-order valence-electron chi connectivity index (χ2n) is 6.05. The lowest BCUT2D eigenvalue weighted by Crippen LogP contribution is -2.05. The first-order valence-electron chi connectivity index (χ1n) is 8.40. The normalized spacial score (nSPS) is 11.1. The average molecular weight is 451 g/mol. The minimum atomic E-state index is 0.217. The molecule has 0 amide bonds. The van der Waals surface area contributed by atoms with Crippen LogP contribution >= 0.6 is 34.8 Å². The van der Waals surface area contributed by atoms with Crippen LogP contribution in [0.4, 0.5) is 0 Å². The summed E-state index contributed by atoms with van der Waals surface area (Å²) in [5.41, 5.74) is 2.19. The first-order valence-corrected chi connectivity index (χ1v) is 9.54. The number of ether oxygens (including phenoxy) is 2. The molecule has 4 aromatic rings. The fraction of sp³-hybridized carbons (Fsp3) is 0.158. The molecule has 2 heterocycles. The zero-order valence-corrected chi connectivity index (χ0v) is 17.8. The van der Waals surface area contributed by atoms with E-state index in [-0.39, 0.29) is 16.8 Å². The second-order valence-corrected chi connectivity index (χ2v) is 7.27. The monoisotopic (exact) mass is 449 g/mol. The lowest BCUT2D eigenvalue weighted by atomic mass is 10.2. The first-order chi connectivity index (χ1) is 13.9. The second kappa shape index (κ2) is 7.67. The molecule has 148 valence electrons. The average Bonchev–Trinajstić information content (AvgIpc) is 3.09. The van der Waals surface area contributed by atoms with Crippen LogP contribution in [0.5, 0.6) is 11.8 Å². The van der Waals surface area contributed by atoms with E-state index in [9.17, 15) is 0 Å². The van der Waals surface area contributed by atoms with Crippen LogP contribution in [0.1, 0.15) is 5.82 Å². The van der Waals surface area contributed by atoms with E-state index in [4.69, 9.17) is 44.3 Å². The highest BCUT2D eigenvalue weighted by molar-refractivity contribution is 6.44. The van der Waals surface area contributed by atoms with Crippen molar-refractivity contribution in [1.82, 2.24) is 24.7 Å². The van der Waals surface area contributed by atoms with E-state index >= 15 is 0 Å². The molecule has 7 nitrogen and oxygen atoms in total. The van der Waals surface area contributed by atoms with Crippen molar-refractivity contribution in [3.8, 4) is 28.8 Å². The fourth-order valence-corrected chi connectivity index (χ4v) is 3.62. The summed E-state index contributed by atoms with van der Waals surface area (Å²) in [6, 6.07) is 8.90. The maximum atomic E-state index is 6.62. The molecule has 0 unspecified atom stereocenters. The van der Waals surface area contributed by atoms with Crippen LogP contribution in [0, 0.1) is 6.92 Å². The predicted octanol–water partition coefficient (Wildman–Crippen LogP) is 5.16. The number of rotatable bonds is 4. The van der Waals surface area contributed by atoms with Gasteiger partial charge in [-0.3, -0.25) is 4.57 Å². The number of fused-ring (bicyclic) bond motifs is 1. The van der Waals surface area contributed by atoms with Crippen molar-refractivity contribution in [2.24, 2.45) is 0 Å².